The molecule has 4 nitrogen and oxygen atoms in total. The van der Waals surface area contributed by atoms with Crippen LogP contribution in [-0.4, -0.2) is 26.6 Å². The van der Waals surface area contributed by atoms with Gasteiger partial charge in [0.1, 0.15) is 0 Å². The Labute approximate surface area is 114 Å². The first kappa shape index (κ1) is 13.5. The fraction of sp³-hybridized carbons (Fsp3) is 0.769. The van der Waals surface area contributed by atoms with E-state index in [1.165, 1.54) is 12.8 Å². The Kier molecular flexibility index (Phi) is 4.38. The van der Waals surface area contributed by atoms with Crippen LogP contribution in [0.2, 0.25) is 0 Å². The van der Waals surface area contributed by atoms with Crippen LogP contribution in [0.3, 0.4) is 0 Å². The predicted octanol–water partition coefficient (Wildman–Crippen LogP) is 2.96. The molecule has 0 bridgehead atoms. The first-order valence-corrected chi connectivity index (χ1v) is 7.33. The summed E-state index contributed by atoms with van der Waals surface area (Å²) in [5.74, 6) is 1.24. The molecule has 0 spiro atoms. The van der Waals surface area contributed by atoms with E-state index in [9.17, 15) is 0 Å². The zero-order valence-electron chi connectivity index (χ0n) is 11.2. The van der Waals surface area contributed by atoms with Crippen molar-refractivity contribution in [1.29, 1.82) is 0 Å². The highest BCUT2D eigenvalue weighted by atomic mass is 35.5. The fourth-order valence-corrected chi connectivity index (χ4v) is 2.91. The third-order valence-electron chi connectivity index (χ3n) is 3.70. The molecule has 5 heteroatoms. The average Bonchev–Trinajstić information content (AvgIpc) is 2.87. The van der Waals surface area contributed by atoms with Crippen LogP contribution in [0, 0.1) is 0 Å². The molecular formula is C13H21ClN4. The number of rotatable bonds is 5. The van der Waals surface area contributed by atoms with Crippen molar-refractivity contribution in [3.63, 3.8) is 0 Å². The Morgan fingerprint density at radius 3 is 2.33 bits per heavy atom. The van der Waals surface area contributed by atoms with Crippen LogP contribution in [0.5, 0.6) is 0 Å². The van der Waals surface area contributed by atoms with Gasteiger partial charge >= 0.3 is 0 Å². The fourth-order valence-electron chi connectivity index (χ4n) is 2.57. The molecule has 1 fully saturated rings. The molecule has 1 aromatic heterocycles. The first-order valence-electron chi connectivity index (χ1n) is 6.79. The Balaban J connectivity index is 2.18. The third kappa shape index (κ3) is 2.74. The molecule has 1 aliphatic carbocycles. The monoisotopic (exact) mass is 268 g/mol. The lowest BCUT2D eigenvalue weighted by Crippen LogP contribution is -2.38. The topological polar surface area (TPSA) is 50.7 Å². The van der Waals surface area contributed by atoms with Gasteiger partial charge in [0.05, 0.1) is 16.9 Å². The summed E-state index contributed by atoms with van der Waals surface area (Å²) in [6.07, 6.45) is 6.40. The largest absolute Gasteiger partial charge is 0.346 e. The second-order valence-electron chi connectivity index (χ2n) is 4.98. The van der Waals surface area contributed by atoms with Gasteiger partial charge < -0.3 is 5.32 Å². The minimum atomic E-state index is -0.0258. The van der Waals surface area contributed by atoms with Gasteiger partial charge in [0.25, 0.3) is 0 Å². The minimum absolute atomic E-state index is 0.0258. The van der Waals surface area contributed by atoms with E-state index in [0.29, 0.717) is 11.8 Å². The maximum Gasteiger partial charge on any atom is 0.243 e. The molecule has 1 aliphatic rings. The maximum absolute atomic E-state index is 6.11. The van der Waals surface area contributed by atoms with E-state index >= 15 is 0 Å². The number of nitrogens with zero attached hydrogens (tertiary/aromatic N) is 3. The number of halogens is 1. The van der Waals surface area contributed by atoms with Crippen molar-refractivity contribution in [2.75, 3.05) is 11.2 Å². The van der Waals surface area contributed by atoms with E-state index in [1.54, 1.807) is 0 Å². The number of hydrogen-bond acceptors (Lipinski definition) is 4. The van der Waals surface area contributed by atoms with Gasteiger partial charge in [0.15, 0.2) is 0 Å². The summed E-state index contributed by atoms with van der Waals surface area (Å²) in [5, 5.41) is 11.9. The van der Waals surface area contributed by atoms with E-state index in [4.69, 9.17) is 11.6 Å². The highest BCUT2D eigenvalue weighted by molar-refractivity contribution is 6.18. The van der Waals surface area contributed by atoms with Crippen LogP contribution in [0.4, 0.5) is 5.95 Å². The number of alkyl halides is 1. The molecule has 18 heavy (non-hydrogen) atoms. The van der Waals surface area contributed by atoms with Gasteiger partial charge in [-0.25, -0.2) is 4.98 Å². The van der Waals surface area contributed by atoms with Crippen LogP contribution in [-0.2, 0) is 12.8 Å². The molecular weight excluding hydrogens is 248 g/mol. The molecule has 0 amide bonds. The molecule has 1 saturated carbocycles. The summed E-state index contributed by atoms with van der Waals surface area (Å²) in [7, 11) is 0. The minimum Gasteiger partial charge on any atom is -0.346 e. The zero-order valence-corrected chi connectivity index (χ0v) is 11.9. The summed E-state index contributed by atoms with van der Waals surface area (Å²) >= 11 is 6.11. The third-order valence-corrected chi connectivity index (χ3v) is 4.21. The van der Waals surface area contributed by atoms with Crippen molar-refractivity contribution in [2.45, 2.75) is 57.9 Å². The lowest BCUT2D eigenvalue weighted by molar-refractivity contribution is 0.532. The highest BCUT2D eigenvalue weighted by Gasteiger charge is 2.33. The van der Waals surface area contributed by atoms with Gasteiger partial charge in [-0.15, -0.1) is 16.7 Å². The van der Waals surface area contributed by atoms with Crippen molar-refractivity contribution >= 4 is 17.5 Å². The Bertz CT molecular complexity index is 402. The number of nitrogens with one attached hydrogen (secondary N) is 1. The van der Waals surface area contributed by atoms with Crippen LogP contribution >= 0.6 is 11.6 Å². The number of aromatic nitrogens is 3. The van der Waals surface area contributed by atoms with Crippen molar-refractivity contribution in [1.82, 2.24) is 15.2 Å². The SMILES string of the molecule is CCc1nnc(NC2(CCl)CCCC2)nc1CC. The van der Waals surface area contributed by atoms with Crippen molar-refractivity contribution < 1.29 is 0 Å². The number of aryl methyl sites for hydroxylation is 2. The zero-order chi connectivity index (χ0) is 13.0. The average molecular weight is 269 g/mol. The summed E-state index contributed by atoms with van der Waals surface area (Å²) in [5.41, 5.74) is 2.01. The lowest BCUT2D eigenvalue weighted by atomic mass is 10.0. The van der Waals surface area contributed by atoms with Gasteiger partial charge in [-0.1, -0.05) is 26.7 Å². The molecule has 0 unspecified atom stereocenters. The molecule has 0 radical (unpaired) electrons. The lowest BCUT2D eigenvalue weighted by Gasteiger charge is -2.27. The van der Waals surface area contributed by atoms with Gasteiger partial charge in [-0.3, -0.25) is 0 Å². The first-order chi connectivity index (χ1) is 8.73. The van der Waals surface area contributed by atoms with Crippen LogP contribution < -0.4 is 5.32 Å². The van der Waals surface area contributed by atoms with E-state index in [1.807, 2.05) is 0 Å². The second-order valence-corrected chi connectivity index (χ2v) is 5.25. The maximum atomic E-state index is 6.11. The van der Waals surface area contributed by atoms with Crippen molar-refractivity contribution in [2.24, 2.45) is 0 Å². The van der Waals surface area contributed by atoms with Gasteiger partial charge in [-0.2, -0.15) is 5.10 Å². The quantitative estimate of drug-likeness (QED) is 0.834. The summed E-state index contributed by atoms with van der Waals surface area (Å²) in [6, 6.07) is 0. The second kappa shape index (κ2) is 5.83. The molecule has 1 aromatic rings. The van der Waals surface area contributed by atoms with Gasteiger partial charge in [-0.05, 0) is 25.7 Å². The molecule has 2 rings (SSSR count). The molecule has 0 aliphatic heterocycles. The number of hydrogen-bond donors (Lipinski definition) is 1. The Morgan fingerprint density at radius 2 is 1.78 bits per heavy atom. The van der Waals surface area contributed by atoms with E-state index in [0.717, 1.165) is 37.1 Å². The van der Waals surface area contributed by atoms with Crippen LogP contribution in [0.15, 0.2) is 0 Å². The Hall–Kier alpha value is -0.900. The normalized spacial score (nSPS) is 17.9. The smallest absolute Gasteiger partial charge is 0.243 e. The van der Waals surface area contributed by atoms with Crippen LogP contribution in [0.25, 0.3) is 0 Å². The van der Waals surface area contributed by atoms with Crippen molar-refractivity contribution in [3.8, 4) is 0 Å². The molecule has 1 N–H and O–H groups in total. The molecule has 100 valence electrons. The number of anilines is 1. The summed E-state index contributed by atoms with van der Waals surface area (Å²) in [4.78, 5) is 4.58. The van der Waals surface area contributed by atoms with E-state index in [2.05, 4.69) is 34.3 Å². The standard InChI is InChI=1S/C13H21ClN4/c1-3-10-11(4-2)17-18-12(15-10)16-13(9-14)7-5-6-8-13/h3-9H2,1-2H3,(H,15,16,18). The molecule has 0 aromatic carbocycles. The molecule has 0 atom stereocenters. The van der Waals surface area contributed by atoms with Crippen molar-refractivity contribution in [3.05, 3.63) is 11.4 Å². The van der Waals surface area contributed by atoms with Gasteiger partial charge in [0.2, 0.25) is 5.95 Å². The van der Waals surface area contributed by atoms with E-state index < -0.39 is 0 Å². The highest BCUT2D eigenvalue weighted by Crippen LogP contribution is 2.33. The predicted molar refractivity (Wildman–Crippen MR) is 74.1 cm³/mol. The Morgan fingerprint density at radius 1 is 1.11 bits per heavy atom. The van der Waals surface area contributed by atoms with E-state index in [-0.39, 0.29) is 5.54 Å². The summed E-state index contributed by atoms with van der Waals surface area (Å²) < 4.78 is 0. The molecule has 0 saturated heterocycles. The molecule has 1 heterocycles. The van der Waals surface area contributed by atoms with Gasteiger partial charge in [0, 0.05) is 5.88 Å². The summed E-state index contributed by atoms with van der Waals surface area (Å²) in [6.45, 7) is 4.18. The van der Waals surface area contributed by atoms with Crippen LogP contribution in [0.1, 0.15) is 50.9 Å².